The van der Waals surface area contributed by atoms with E-state index in [-0.39, 0.29) is 0 Å². The zero-order valence-electron chi connectivity index (χ0n) is 7.39. The maximum Gasteiger partial charge on any atom is 0.355 e. The minimum Gasteiger partial charge on any atom is -0.478 e. The van der Waals surface area contributed by atoms with Crippen LogP contribution in [-0.2, 0) is 14.3 Å². The third kappa shape index (κ3) is 4.74. The molecule has 13 heavy (non-hydrogen) atoms. The van der Waals surface area contributed by atoms with Gasteiger partial charge in [0.25, 0.3) is 0 Å². The second-order valence-corrected chi connectivity index (χ2v) is 3.58. The van der Waals surface area contributed by atoms with Crippen LogP contribution in [0.5, 0.6) is 0 Å². The van der Waals surface area contributed by atoms with Crippen molar-refractivity contribution in [2.75, 3.05) is 5.75 Å². The molecule has 0 aliphatic rings. The van der Waals surface area contributed by atoms with E-state index in [1.54, 1.807) is 6.92 Å². The number of hydrogen-bond donors (Lipinski definition) is 2. The first kappa shape index (κ1) is 12.2. The van der Waals surface area contributed by atoms with Crippen molar-refractivity contribution in [3.05, 3.63) is 0 Å². The molecule has 0 saturated heterocycles. The molecule has 6 heteroatoms. The van der Waals surface area contributed by atoms with E-state index in [0.29, 0.717) is 5.75 Å². The van der Waals surface area contributed by atoms with Crippen molar-refractivity contribution in [1.29, 1.82) is 0 Å². The molecule has 0 aromatic carbocycles. The van der Waals surface area contributed by atoms with Gasteiger partial charge in [0.05, 0.1) is 0 Å². The molecule has 0 aliphatic heterocycles. The highest BCUT2D eigenvalue weighted by Crippen LogP contribution is 2.12. The Bertz CT molecular complexity index is 191. The van der Waals surface area contributed by atoms with Crippen LogP contribution in [0.25, 0.3) is 0 Å². The molecular formula is C7H12O5S. The van der Waals surface area contributed by atoms with Gasteiger partial charge in [-0.3, -0.25) is 0 Å². The fraction of sp³-hybridized carbons (Fsp3) is 0.714. The summed E-state index contributed by atoms with van der Waals surface area (Å²) in [6, 6.07) is 0. The van der Waals surface area contributed by atoms with Gasteiger partial charge in [0.2, 0.25) is 5.44 Å². The van der Waals surface area contributed by atoms with E-state index in [4.69, 9.17) is 10.2 Å². The molecule has 5 nitrogen and oxygen atoms in total. The number of carbonyl (C=O) groups is 2. The summed E-state index contributed by atoms with van der Waals surface area (Å²) < 4.78 is 4.49. The van der Waals surface area contributed by atoms with E-state index in [0.717, 1.165) is 11.8 Å². The van der Waals surface area contributed by atoms with Crippen molar-refractivity contribution >= 4 is 23.7 Å². The number of thioether (sulfide) groups is 1. The third-order valence-corrected chi connectivity index (χ3v) is 2.02. The largest absolute Gasteiger partial charge is 0.478 e. The SMILES string of the molecule is CCSC(OC(=O)C(C)O)C(=O)O. The average Bonchev–Trinajstić information content (AvgIpc) is 2.03. The lowest BCUT2D eigenvalue weighted by molar-refractivity contribution is -0.163. The van der Waals surface area contributed by atoms with E-state index in [2.05, 4.69) is 4.74 Å². The molecule has 0 aromatic rings. The summed E-state index contributed by atoms with van der Waals surface area (Å²) in [6.07, 6.45) is -1.29. The number of esters is 1. The Morgan fingerprint density at radius 2 is 2.08 bits per heavy atom. The molecule has 0 bridgehead atoms. The summed E-state index contributed by atoms with van der Waals surface area (Å²) in [7, 11) is 0. The van der Waals surface area contributed by atoms with Gasteiger partial charge >= 0.3 is 11.9 Å². The smallest absolute Gasteiger partial charge is 0.355 e. The number of carboxylic acids is 1. The van der Waals surface area contributed by atoms with Crippen LogP contribution in [0.2, 0.25) is 0 Å². The molecule has 0 radical (unpaired) electrons. The van der Waals surface area contributed by atoms with Gasteiger partial charge in [0.15, 0.2) is 0 Å². The number of carboxylic acid groups (broad SMARTS) is 1. The van der Waals surface area contributed by atoms with Crippen LogP contribution < -0.4 is 0 Å². The first-order valence-corrected chi connectivity index (χ1v) is 4.76. The Morgan fingerprint density at radius 3 is 2.38 bits per heavy atom. The Hall–Kier alpha value is -0.750. The molecule has 0 saturated carbocycles. The lowest BCUT2D eigenvalue weighted by atomic mass is 10.4. The van der Waals surface area contributed by atoms with Crippen LogP contribution in [0.4, 0.5) is 0 Å². The van der Waals surface area contributed by atoms with Gasteiger partial charge in [-0.1, -0.05) is 6.92 Å². The third-order valence-electron chi connectivity index (χ3n) is 1.08. The number of aliphatic hydroxyl groups is 1. The molecule has 0 aromatic heterocycles. The maximum absolute atomic E-state index is 10.8. The molecule has 0 rings (SSSR count). The van der Waals surface area contributed by atoms with Crippen molar-refractivity contribution in [1.82, 2.24) is 0 Å². The monoisotopic (exact) mass is 208 g/mol. The van der Waals surface area contributed by atoms with Crippen molar-refractivity contribution < 1.29 is 24.5 Å². The summed E-state index contributed by atoms with van der Waals surface area (Å²) in [5, 5.41) is 17.3. The lowest BCUT2D eigenvalue weighted by Crippen LogP contribution is -2.29. The van der Waals surface area contributed by atoms with Crippen LogP contribution in [0.3, 0.4) is 0 Å². The van der Waals surface area contributed by atoms with Crippen LogP contribution in [0.15, 0.2) is 0 Å². The number of aliphatic hydroxyl groups excluding tert-OH is 1. The summed E-state index contributed by atoms with van der Waals surface area (Å²) in [4.78, 5) is 21.3. The number of carbonyl (C=O) groups excluding carboxylic acids is 1. The van der Waals surface area contributed by atoms with E-state index in [9.17, 15) is 9.59 Å². The summed E-state index contributed by atoms with van der Waals surface area (Å²) in [5.74, 6) is -1.63. The molecule has 0 aliphatic carbocycles. The standard InChI is InChI=1S/C7H12O5S/c1-3-13-7(5(9)10)12-6(11)4(2)8/h4,7-8H,3H2,1-2H3,(H,9,10). The zero-order chi connectivity index (χ0) is 10.4. The van der Waals surface area contributed by atoms with Crippen LogP contribution >= 0.6 is 11.8 Å². The molecule has 0 heterocycles. The molecule has 2 unspecified atom stereocenters. The van der Waals surface area contributed by atoms with E-state index < -0.39 is 23.5 Å². The van der Waals surface area contributed by atoms with Gasteiger partial charge < -0.3 is 14.9 Å². The molecule has 0 spiro atoms. The fourth-order valence-electron chi connectivity index (χ4n) is 0.511. The van der Waals surface area contributed by atoms with Crippen molar-refractivity contribution in [2.45, 2.75) is 25.4 Å². The number of ether oxygens (including phenoxy) is 1. The van der Waals surface area contributed by atoms with Crippen molar-refractivity contribution in [3.63, 3.8) is 0 Å². The first-order valence-electron chi connectivity index (χ1n) is 3.72. The van der Waals surface area contributed by atoms with Gasteiger partial charge in [0.1, 0.15) is 6.10 Å². The summed E-state index contributed by atoms with van der Waals surface area (Å²) in [6.45, 7) is 2.97. The van der Waals surface area contributed by atoms with Crippen LogP contribution in [-0.4, -0.2) is 39.4 Å². The number of rotatable bonds is 5. The normalized spacial score (nSPS) is 14.7. The predicted octanol–water partition coefficient (Wildman–Crippen LogP) is 0.0742. The molecule has 0 fully saturated rings. The number of aliphatic carboxylic acids is 1. The zero-order valence-corrected chi connectivity index (χ0v) is 8.21. The second-order valence-electron chi connectivity index (χ2n) is 2.24. The van der Waals surface area contributed by atoms with Crippen LogP contribution in [0, 0.1) is 0 Å². The van der Waals surface area contributed by atoms with E-state index >= 15 is 0 Å². The molecule has 2 atom stereocenters. The maximum atomic E-state index is 10.8. The molecule has 0 amide bonds. The lowest BCUT2D eigenvalue weighted by Gasteiger charge is -2.12. The second kappa shape index (κ2) is 5.82. The highest BCUT2D eigenvalue weighted by atomic mass is 32.2. The van der Waals surface area contributed by atoms with E-state index in [1.165, 1.54) is 6.92 Å². The van der Waals surface area contributed by atoms with Gasteiger partial charge in [-0.2, -0.15) is 0 Å². The fourth-order valence-corrected chi connectivity index (χ4v) is 1.12. The van der Waals surface area contributed by atoms with E-state index in [1.807, 2.05) is 0 Å². The highest BCUT2D eigenvalue weighted by Gasteiger charge is 2.23. The minimum atomic E-state index is -1.29. The average molecular weight is 208 g/mol. The summed E-state index contributed by atoms with van der Waals surface area (Å²) in [5.41, 5.74) is -1.23. The summed E-state index contributed by atoms with van der Waals surface area (Å²) >= 11 is 0.977. The van der Waals surface area contributed by atoms with Gasteiger partial charge in [-0.05, 0) is 12.7 Å². The van der Waals surface area contributed by atoms with Gasteiger partial charge in [-0.15, -0.1) is 11.8 Å². The molecular weight excluding hydrogens is 196 g/mol. The Labute approximate surface area is 80.1 Å². The van der Waals surface area contributed by atoms with Gasteiger partial charge in [-0.25, -0.2) is 9.59 Å². The minimum absolute atomic E-state index is 0.518. The van der Waals surface area contributed by atoms with Gasteiger partial charge in [0, 0.05) is 0 Å². The van der Waals surface area contributed by atoms with Crippen molar-refractivity contribution in [2.24, 2.45) is 0 Å². The topological polar surface area (TPSA) is 83.8 Å². The van der Waals surface area contributed by atoms with Crippen molar-refractivity contribution in [3.8, 4) is 0 Å². The number of hydrogen-bond acceptors (Lipinski definition) is 5. The van der Waals surface area contributed by atoms with Crippen LogP contribution in [0.1, 0.15) is 13.8 Å². The predicted molar refractivity (Wildman–Crippen MR) is 47.3 cm³/mol. The molecule has 76 valence electrons. The Balaban J connectivity index is 4.10. The molecule has 2 N–H and O–H groups in total. The highest BCUT2D eigenvalue weighted by molar-refractivity contribution is 8.00. The quantitative estimate of drug-likeness (QED) is 0.491. The Kier molecular flexibility index (Phi) is 5.48. The Morgan fingerprint density at radius 1 is 1.54 bits per heavy atom. The first-order chi connectivity index (χ1) is 5.99.